The smallest absolute Gasteiger partial charge is 0.410 e. The molecular formula is C15H19Cl2N5O2. The van der Waals surface area contributed by atoms with Gasteiger partial charge in [-0.15, -0.1) is 0 Å². The number of ether oxygens (including phenoxy) is 1. The van der Waals surface area contributed by atoms with E-state index in [-0.39, 0.29) is 17.4 Å². The SMILES string of the molecule is CC(C)(C)OC(=O)N1CC[C@@H](Nc2nc(Cl)nc3[nH]cc(Cl)c23)C1. The second-order valence-corrected chi connectivity index (χ2v) is 7.50. The van der Waals surface area contributed by atoms with E-state index in [1.54, 1.807) is 11.1 Å². The van der Waals surface area contributed by atoms with E-state index in [9.17, 15) is 4.79 Å². The predicted molar refractivity (Wildman–Crippen MR) is 93.7 cm³/mol. The summed E-state index contributed by atoms with van der Waals surface area (Å²) in [4.78, 5) is 25.1. The standard InChI is InChI=1S/C15H19Cl2N5O2/c1-15(2,3)24-14(23)22-5-4-8(7-22)19-12-10-9(16)6-18-11(10)20-13(17)21-12/h6,8H,4-5,7H2,1-3H3,(H2,18,19,20,21)/t8-/m1/s1. The Hall–Kier alpha value is -1.73. The second kappa shape index (κ2) is 6.29. The number of anilines is 1. The van der Waals surface area contributed by atoms with Crippen LogP contribution < -0.4 is 5.32 Å². The van der Waals surface area contributed by atoms with E-state index in [1.165, 1.54) is 0 Å². The Morgan fingerprint density at radius 3 is 2.88 bits per heavy atom. The van der Waals surface area contributed by atoms with E-state index in [0.29, 0.717) is 35.0 Å². The Labute approximate surface area is 149 Å². The zero-order chi connectivity index (χ0) is 17.5. The molecule has 1 fully saturated rings. The molecule has 9 heteroatoms. The maximum atomic E-state index is 12.1. The number of aromatic nitrogens is 3. The molecule has 7 nitrogen and oxygen atoms in total. The summed E-state index contributed by atoms with van der Waals surface area (Å²) < 4.78 is 5.40. The third kappa shape index (κ3) is 3.67. The molecule has 2 aromatic rings. The highest BCUT2D eigenvalue weighted by molar-refractivity contribution is 6.36. The fourth-order valence-electron chi connectivity index (χ4n) is 2.64. The van der Waals surface area contributed by atoms with Crippen LogP contribution in [0.2, 0.25) is 10.3 Å². The molecule has 1 aliphatic heterocycles. The second-order valence-electron chi connectivity index (χ2n) is 6.76. The number of amides is 1. The molecule has 0 saturated carbocycles. The number of hydrogen-bond donors (Lipinski definition) is 2. The molecule has 3 heterocycles. The van der Waals surface area contributed by atoms with E-state index in [2.05, 4.69) is 20.3 Å². The van der Waals surface area contributed by atoms with Crippen LogP contribution >= 0.6 is 23.2 Å². The number of nitrogens with zero attached hydrogens (tertiary/aromatic N) is 3. The van der Waals surface area contributed by atoms with Crippen molar-refractivity contribution in [2.24, 2.45) is 0 Å². The molecule has 0 bridgehead atoms. The maximum absolute atomic E-state index is 12.1. The van der Waals surface area contributed by atoms with Gasteiger partial charge in [0.05, 0.1) is 10.4 Å². The molecule has 130 valence electrons. The van der Waals surface area contributed by atoms with Gasteiger partial charge in [0.2, 0.25) is 5.28 Å². The van der Waals surface area contributed by atoms with Gasteiger partial charge in [0.1, 0.15) is 17.1 Å². The third-order valence-electron chi connectivity index (χ3n) is 3.64. The first kappa shape index (κ1) is 17.1. The Morgan fingerprint density at radius 1 is 1.42 bits per heavy atom. The molecule has 3 rings (SSSR count). The normalized spacial score (nSPS) is 18.2. The molecule has 1 amide bonds. The van der Waals surface area contributed by atoms with Gasteiger partial charge in [0.25, 0.3) is 0 Å². The van der Waals surface area contributed by atoms with Gasteiger partial charge in [-0.1, -0.05) is 11.6 Å². The van der Waals surface area contributed by atoms with Crippen molar-refractivity contribution in [2.45, 2.75) is 38.8 Å². The highest BCUT2D eigenvalue weighted by Crippen LogP contribution is 2.30. The number of H-pyrrole nitrogens is 1. The summed E-state index contributed by atoms with van der Waals surface area (Å²) in [6.45, 7) is 6.70. The lowest BCUT2D eigenvalue weighted by Gasteiger charge is -2.24. The number of carbonyl (C=O) groups is 1. The van der Waals surface area contributed by atoms with Crippen LogP contribution in [0.4, 0.5) is 10.6 Å². The Morgan fingerprint density at radius 2 is 2.17 bits per heavy atom. The number of fused-ring (bicyclic) bond motifs is 1. The molecule has 0 aromatic carbocycles. The topological polar surface area (TPSA) is 83.1 Å². The van der Waals surface area contributed by atoms with Gasteiger partial charge in [0, 0.05) is 25.3 Å². The van der Waals surface area contributed by atoms with Crippen molar-refractivity contribution >= 4 is 46.1 Å². The summed E-state index contributed by atoms with van der Waals surface area (Å²) in [6.07, 6.45) is 2.12. The van der Waals surface area contributed by atoms with Crippen LogP contribution in [0.3, 0.4) is 0 Å². The number of halogens is 2. The Kier molecular flexibility index (Phi) is 4.48. The first-order valence-electron chi connectivity index (χ1n) is 7.67. The van der Waals surface area contributed by atoms with Crippen molar-refractivity contribution in [3.8, 4) is 0 Å². The van der Waals surface area contributed by atoms with Gasteiger partial charge < -0.3 is 19.9 Å². The minimum Gasteiger partial charge on any atom is -0.444 e. The van der Waals surface area contributed by atoms with Crippen molar-refractivity contribution in [3.05, 3.63) is 16.5 Å². The first-order valence-corrected chi connectivity index (χ1v) is 8.43. The van der Waals surface area contributed by atoms with E-state index in [0.717, 1.165) is 6.42 Å². The van der Waals surface area contributed by atoms with Gasteiger partial charge in [-0.25, -0.2) is 4.79 Å². The minimum absolute atomic E-state index is 0.0395. The van der Waals surface area contributed by atoms with Crippen LogP contribution in [0.25, 0.3) is 11.0 Å². The van der Waals surface area contributed by atoms with Crippen LogP contribution in [0.15, 0.2) is 6.20 Å². The number of likely N-dealkylation sites (tertiary alicyclic amines) is 1. The number of aromatic amines is 1. The molecular weight excluding hydrogens is 353 g/mol. The number of carbonyl (C=O) groups excluding carboxylic acids is 1. The lowest BCUT2D eigenvalue weighted by molar-refractivity contribution is 0.0293. The summed E-state index contributed by atoms with van der Waals surface area (Å²) in [5.74, 6) is 0.562. The number of nitrogens with one attached hydrogen (secondary N) is 2. The molecule has 1 saturated heterocycles. The first-order chi connectivity index (χ1) is 11.2. The van der Waals surface area contributed by atoms with E-state index in [4.69, 9.17) is 27.9 Å². The van der Waals surface area contributed by atoms with Crippen LogP contribution in [-0.4, -0.2) is 50.7 Å². The molecule has 0 radical (unpaired) electrons. The monoisotopic (exact) mass is 371 g/mol. The fraction of sp³-hybridized carbons (Fsp3) is 0.533. The van der Waals surface area contributed by atoms with E-state index in [1.807, 2.05) is 20.8 Å². The van der Waals surface area contributed by atoms with E-state index >= 15 is 0 Å². The van der Waals surface area contributed by atoms with Crippen LogP contribution in [-0.2, 0) is 4.74 Å². The molecule has 2 N–H and O–H groups in total. The fourth-order valence-corrected chi connectivity index (χ4v) is 3.04. The van der Waals surface area contributed by atoms with Crippen molar-refractivity contribution in [1.82, 2.24) is 19.9 Å². The predicted octanol–water partition coefficient (Wildman–Crippen LogP) is 3.69. The Bertz CT molecular complexity index is 771. The summed E-state index contributed by atoms with van der Waals surface area (Å²) in [5, 5.41) is 4.65. The van der Waals surface area contributed by atoms with Gasteiger partial charge in [0.15, 0.2) is 0 Å². The maximum Gasteiger partial charge on any atom is 0.410 e. The molecule has 0 unspecified atom stereocenters. The molecule has 1 aliphatic rings. The summed E-state index contributed by atoms with van der Waals surface area (Å²) in [5.41, 5.74) is 0.0672. The molecule has 1 atom stereocenters. The van der Waals surface area contributed by atoms with Crippen molar-refractivity contribution in [1.29, 1.82) is 0 Å². The number of rotatable bonds is 2. The Balaban J connectivity index is 1.72. The van der Waals surface area contributed by atoms with Gasteiger partial charge >= 0.3 is 6.09 Å². The zero-order valence-corrected chi connectivity index (χ0v) is 15.2. The molecule has 0 spiro atoms. The minimum atomic E-state index is -0.506. The van der Waals surface area contributed by atoms with Crippen LogP contribution in [0, 0.1) is 0 Å². The number of hydrogen-bond acceptors (Lipinski definition) is 5. The summed E-state index contributed by atoms with van der Waals surface area (Å²) in [6, 6.07) is 0.0395. The van der Waals surface area contributed by atoms with Gasteiger partial charge in [-0.05, 0) is 38.8 Å². The molecule has 2 aromatic heterocycles. The van der Waals surface area contributed by atoms with Gasteiger partial charge in [-0.3, -0.25) is 0 Å². The van der Waals surface area contributed by atoms with Crippen molar-refractivity contribution < 1.29 is 9.53 Å². The average molecular weight is 372 g/mol. The van der Waals surface area contributed by atoms with E-state index < -0.39 is 5.60 Å². The lowest BCUT2D eigenvalue weighted by atomic mass is 10.2. The lowest BCUT2D eigenvalue weighted by Crippen LogP contribution is -2.36. The summed E-state index contributed by atoms with van der Waals surface area (Å²) in [7, 11) is 0. The largest absolute Gasteiger partial charge is 0.444 e. The molecule has 0 aliphatic carbocycles. The highest BCUT2D eigenvalue weighted by atomic mass is 35.5. The summed E-state index contributed by atoms with van der Waals surface area (Å²) >= 11 is 12.1. The average Bonchev–Trinajstić information content (AvgIpc) is 3.04. The zero-order valence-electron chi connectivity index (χ0n) is 13.7. The van der Waals surface area contributed by atoms with Crippen molar-refractivity contribution in [2.75, 3.05) is 18.4 Å². The highest BCUT2D eigenvalue weighted by Gasteiger charge is 2.30. The molecule has 24 heavy (non-hydrogen) atoms. The van der Waals surface area contributed by atoms with Crippen LogP contribution in [0.5, 0.6) is 0 Å². The quantitative estimate of drug-likeness (QED) is 0.786. The van der Waals surface area contributed by atoms with Gasteiger partial charge in [-0.2, -0.15) is 9.97 Å². The van der Waals surface area contributed by atoms with Crippen LogP contribution in [0.1, 0.15) is 27.2 Å². The third-order valence-corrected chi connectivity index (χ3v) is 4.10. The van der Waals surface area contributed by atoms with Crippen molar-refractivity contribution in [3.63, 3.8) is 0 Å².